The molecule has 0 aromatic heterocycles. The summed E-state index contributed by atoms with van der Waals surface area (Å²) in [5.41, 5.74) is 1.93. The van der Waals surface area contributed by atoms with Crippen molar-refractivity contribution in [2.45, 2.75) is 37.2 Å². The molecule has 0 radical (unpaired) electrons. The van der Waals surface area contributed by atoms with Crippen molar-refractivity contribution in [2.75, 3.05) is 18.6 Å². The van der Waals surface area contributed by atoms with Crippen LogP contribution in [0.2, 0.25) is 0 Å². The zero-order chi connectivity index (χ0) is 22.7. The SMILES string of the molecule is CSCCC(NS(=O)(=O)c1ccc(C)cc1)C(=O)NCCC(=O)NCc1ccccc1. The third-order valence-corrected chi connectivity index (χ3v) is 6.67. The number of nitrogens with one attached hydrogen (secondary N) is 3. The van der Waals surface area contributed by atoms with Crippen LogP contribution in [0.15, 0.2) is 59.5 Å². The first-order valence-corrected chi connectivity index (χ1v) is 12.9. The average Bonchev–Trinajstić information content (AvgIpc) is 2.76. The molecular formula is C22H29N3O4S2. The molecule has 0 saturated heterocycles. The molecule has 0 fully saturated rings. The molecule has 0 aliphatic carbocycles. The van der Waals surface area contributed by atoms with Crippen LogP contribution in [0.25, 0.3) is 0 Å². The number of benzene rings is 2. The van der Waals surface area contributed by atoms with E-state index in [0.29, 0.717) is 18.7 Å². The molecule has 31 heavy (non-hydrogen) atoms. The van der Waals surface area contributed by atoms with E-state index in [1.807, 2.05) is 43.5 Å². The maximum Gasteiger partial charge on any atom is 0.241 e. The highest BCUT2D eigenvalue weighted by Gasteiger charge is 2.25. The Morgan fingerprint density at radius 2 is 1.68 bits per heavy atom. The Hall–Kier alpha value is -2.36. The molecule has 1 unspecified atom stereocenters. The summed E-state index contributed by atoms with van der Waals surface area (Å²) in [6.45, 7) is 2.41. The van der Waals surface area contributed by atoms with Crippen LogP contribution in [0.5, 0.6) is 0 Å². The average molecular weight is 464 g/mol. The maximum atomic E-state index is 12.7. The lowest BCUT2D eigenvalue weighted by Gasteiger charge is -2.18. The van der Waals surface area contributed by atoms with Crippen molar-refractivity contribution < 1.29 is 18.0 Å². The molecule has 1 atom stereocenters. The lowest BCUT2D eigenvalue weighted by Crippen LogP contribution is -2.47. The highest BCUT2D eigenvalue weighted by molar-refractivity contribution is 7.98. The van der Waals surface area contributed by atoms with Gasteiger partial charge in [0.15, 0.2) is 0 Å². The summed E-state index contributed by atoms with van der Waals surface area (Å²) in [4.78, 5) is 24.7. The van der Waals surface area contributed by atoms with E-state index in [4.69, 9.17) is 0 Å². The fourth-order valence-electron chi connectivity index (χ4n) is 2.76. The summed E-state index contributed by atoms with van der Waals surface area (Å²) in [6, 6.07) is 15.1. The van der Waals surface area contributed by atoms with Crippen LogP contribution in [0.1, 0.15) is 24.0 Å². The highest BCUT2D eigenvalue weighted by atomic mass is 32.2. The van der Waals surface area contributed by atoms with Crippen LogP contribution in [0.4, 0.5) is 0 Å². The van der Waals surface area contributed by atoms with Crippen molar-refractivity contribution in [1.29, 1.82) is 0 Å². The predicted octanol–water partition coefficient (Wildman–Crippen LogP) is 2.22. The van der Waals surface area contributed by atoms with E-state index < -0.39 is 22.0 Å². The summed E-state index contributed by atoms with van der Waals surface area (Å²) in [6.07, 6.45) is 2.34. The fraction of sp³-hybridized carbons (Fsp3) is 0.364. The molecule has 0 spiro atoms. The minimum atomic E-state index is -3.83. The number of hydrogen-bond acceptors (Lipinski definition) is 5. The second-order valence-corrected chi connectivity index (χ2v) is 9.77. The third kappa shape index (κ3) is 8.72. The van der Waals surface area contributed by atoms with Gasteiger partial charge in [0.1, 0.15) is 6.04 Å². The standard InChI is InChI=1S/C22H29N3O4S2/c1-17-8-10-19(11-9-17)31(28,29)25-20(13-15-30-2)22(27)23-14-12-21(26)24-16-18-6-4-3-5-7-18/h3-11,20,25H,12-16H2,1-2H3,(H,23,27)(H,24,26). The molecule has 2 rings (SSSR count). The fourth-order valence-corrected chi connectivity index (χ4v) is 4.46. The topological polar surface area (TPSA) is 104 Å². The zero-order valence-corrected chi connectivity index (χ0v) is 19.4. The van der Waals surface area contributed by atoms with Gasteiger partial charge >= 0.3 is 0 Å². The monoisotopic (exact) mass is 463 g/mol. The largest absolute Gasteiger partial charge is 0.354 e. The quantitative estimate of drug-likeness (QED) is 0.448. The molecule has 9 heteroatoms. The van der Waals surface area contributed by atoms with Gasteiger partial charge in [-0.25, -0.2) is 8.42 Å². The number of thioether (sulfide) groups is 1. The van der Waals surface area contributed by atoms with Crippen LogP contribution in [0.3, 0.4) is 0 Å². The molecule has 2 amide bonds. The van der Waals surface area contributed by atoms with Crippen molar-refractivity contribution >= 4 is 33.6 Å². The van der Waals surface area contributed by atoms with E-state index in [0.717, 1.165) is 11.1 Å². The van der Waals surface area contributed by atoms with Gasteiger partial charge in [-0.05, 0) is 43.0 Å². The van der Waals surface area contributed by atoms with E-state index in [2.05, 4.69) is 15.4 Å². The summed E-state index contributed by atoms with van der Waals surface area (Å²) < 4.78 is 27.8. The Bertz CT molecular complexity index is 948. The van der Waals surface area contributed by atoms with Gasteiger partial charge in [-0.15, -0.1) is 0 Å². The van der Waals surface area contributed by atoms with Gasteiger partial charge in [-0.2, -0.15) is 16.5 Å². The summed E-state index contributed by atoms with van der Waals surface area (Å²) >= 11 is 1.53. The lowest BCUT2D eigenvalue weighted by molar-refractivity contribution is -0.123. The van der Waals surface area contributed by atoms with Gasteiger partial charge in [0, 0.05) is 19.5 Å². The molecule has 0 bridgehead atoms. The maximum absolute atomic E-state index is 12.7. The molecule has 0 heterocycles. The molecule has 2 aromatic rings. The first-order chi connectivity index (χ1) is 14.8. The van der Waals surface area contributed by atoms with Crippen molar-refractivity contribution in [2.24, 2.45) is 0 Å². The Morgan fingerprint density at radius 1 is 1.00 bits per heavy atom. The lowest BCUT2D eigenvalue weighted by atomic mass is 10.2. The van der Waals surface area contributed by atoms with Crippen LogP contribution < -0.4 is 15.4 Å². The Morgan fingerprint density at radius 3 is 2.32 bits per heavy atom. The van der Waals surface area contributed by atoms with E-state index >= 15 is 0 Å². The Balaban J connectivity index is 1.87. The van der Waals surface area contributed by atoms with Crippen molar-refractivity contribution in [3.05, 3.63) is 65.7 Å². The zero-order valence-electron chi connectivity index (χ0n) is 17.8. The van der Waals surface area contributed by atoms with Gasteiger partial charge in [0.05, 0.1) is 4.90 Å². The minimum Gasteiger partial charge on any atom is -0.354 e. The van der Waals surface area contributed by atoms with Gasteiger partial charge in [0.2, 0.25) is 21.8 Å². The molecule has 0 saturated carbocycles. The van der Waals surface area contributed by atoms with Gasteiger partial charge in [-0.1, -0.05) is 48.0 Å². The summed E-state index contributed by atoms with van der Waals surface area (Å²) in [7, 11) is -3.83. The number of sulfonamides is 1. The summed E-state index contributed by atoms with van der Waals surface area (Å²) in [5, 5.41) is 5.46. The van der Waals surface area contributed by atoms with Crippen molar-refractivity contribution in [3.8, 4) is 0 Å². The second-order valence-electron chi connectivity index (χ2n) is 7.07. The van der Waals surface area contributed by atoms with E-state index in [1.165, 1.54) is 23.9 Å². The second kappa shape index (κ2) is 12.5. The van der Waals surface area contributed by atoms with Crippen LogP contribution in [-0.4, -0.2) is 44.8 Å². The number of rotatable bonds is 12. The molecule has 3 N–H and O–H groups in total. The van der Waals surface area contributed by atoms with Gasteiger partial charge in [-0.3, -0.25) is 9.59 Å². The number of aryl methyl sites for hydroxylation is 1. The van der Waals surface area contributed by atoms with E-state index in [-0.39, 0.29) is 23.8 Å². The number of hydrogen-bond donors (Lipinski definition) is 3. The molecule has 7 nitrogen and oxygen atoms in total. The molecule has 0 aliphatic rings. The van der Waals surface area contributed by atoms with Gasteiger partial charge in [0.25, 0.3) is 0 Å². The molecular weight excluding hydrogens is 434 g/mol. The van der Waals surface area contributed by atoms with Crippen LogP contribution >= 0.6 is 11.8 Å². The third-order valence-electron chi connectivity index (χ3n) is 4.54. The van der Waals surface area contributed by atoms with E-state index in [1.54, 1.807) is 12.1 Å². The minimum absolute atomic E-state index is 0.110. The number of amides is 2. The Kier molecular flexibility index (Phi) is 10.0. The molecule has 2 aromatic carbocycles. The summed E-state index contributed by atoms with van der Waals surface area (Å²) in [5.74, 6) is -0.0165. The van der Waals surface area contributed by atoms with Crippen molar-refractivity contribution in [1.82, 2.24) is 15.4 Å². The van der Waals surface area contributed by atoms with Crippen LogP contribution in [-0.2, 0) is 26.2 Å². The molecule has 168 valence electrons. The smallest absolute Gasteiger partial charge is 0.241 e. The predicted molar refractivity (Wildman–Crippen MR) is 124 cm³/mol. The van der Waals surface area contributed by atoms with Gasteiger partial charge < -0.3 is 10.6 Å². The molecule has 0 aliphatic heterocycles. The first kappa shape index (κ1) is 24.9. The first-order valence-electron chi connectivity index (χ1n) is 9.98. The highest BCUT2D eigenvalue weighted by Crippen LogP contribution is 2.12. The number of carbonyl (C=O) groups is 2. The number of carbonyl (C=O) groups excluding carboxylic acids is 2. The normalized spacial score (nSPS) is 12.2. The Labute approximate surface area is 188 Å². The van der Waals surface area contributed by atoms with Crippen molar-refractivity contribution in [3.63, 3.8) is 0 Å². The van der Waals surface area contributed by atoms with Crippen LogP contribution in [0, 0.1) is 6.92 Å². The van der Waals surface area contributed by atoms with E-state index in [9.17, 15) is 18.0 Å².